The molecule has 1 aliphatic rings. The van der Waals surface area contributed by atoms with Crippen LogP contribution in [0.3, 0.4) is 0 Å². The standard InChI is InChI=1S/C3H2N2/c1-2-4-5-3-1/h1-2H. The summed E-state index contributed by atoms with van der Waals surface area (Å²) in [6.45, 7) is 0. The van der Waals surface area contributed by atoms with Gasteiger partial charge in [0.05, 0.1) is 6.21 Å². The minimum atomic E-state index is 1.58. The molecule has 0 bridgehead atoms. The first-order valence-electron chi connectivity index (χ1n) is 1.30. The molecule has 0 unspecified atom stereocenters. The van der Waals surface area contributed by atoms with Crippen molar-refractivity contribution in [3.63, 3.8) is 0 Å². The molecule has 0 spiro atoms. The molecule has 5 heavy (non-hydrogen) atoms. The summed E-state index contributed by atoms with van der Waals surface area (Å²) < 4.78 is 0. The van der Waals surface area contributed by atoms with Gasteiger partial charge in [-0.25, -0.2) is 0 Å². The van der Waals surface area contributed by atoms with Crippen LogP contribution in [-0.4, -0.2) is 12.1 Å². The lowest BCUT2D eigenvalue weighted by atomic mass is 10.7. The number of rotatable bonds is 0. The molecule has 0 aliphatic carbocycles. The average Bonchev–Trinajstić information content (AvgIpc) is 1.76. The van der Waals surface area contributed by atoms with E-state index in [0.717, 1.165) is 0 Å². The van der Waals surface area contributed by atoms with Crippen LogP contribution in [0, 0.1) is 0 Å². The van der Waals surface area contributed by atoms with E-state index in [1.165, 1.54) is 0 Å². The Morgan fingerprint density at radius 2 is 2.60 bits per heavy atom. The van der Waals surface area contributed by atoms with Crippen LogP contribution in [0.15, 0.2) is 16.3 Å². The third kappa shape index (κ3) is 0.231. The Labute approximate surface area is 29.5 Å². The van der Waals surface area contributed by atoms with Gasteiger partial charge >= 0.3 is 0 Å². The van der Waals surface area contributed by atoms with E-state index < -0.39 is 0 Å². The van der Waals surface area contributed by atoms with Crippen molar-refractivity contribution in [2.45, 2.75) is 0 Å². The van der Waals surface area contributed by atoms with Gasteiger partial charge in [0.25, 0.3) is 0 Å². The maximum atomic E-state index is 3.42. The lowest BCUT2D eigenvalue weighted by Gasteiger charge is -1.48. The van der Waals surface area contributed by atoms with Crippen LogP contribution in [0.5, 0.6) is 0 Å². The molecule has 0 aromatic heterocycles. The van der Waals surface area contributed by atoms with Gasteiger partial charge in [-0.3, -0.25) is 0 Å². The van der Waals surface area contributed by atoms with Gasteiger partial charge < -0.3 is 0 Å². The van der Waals surface area contributed by atoms with Crippen molar-refractivity contribution < 1.29 is 0 Å². The second kappa shape index (κ2) is 0.826. The van der Waals surface area contributed by atoms with Crippen molar-refractivity contribution in [1.29, 1.82) is 0 Å². The van der Waals surface area contributed by atoms with Gasteiger partial charge in [0.1, 0.15) is 0 Å². The molecule has 0 aromatic rings. The summed E-state index contributed by atoms with van der Waals surface area (Å²) in [5.74, 6) is 2.50. The molecule has 0 amide bonds. The molecule has 0 atom stereocenters. The molecule has 0 fully saturated rings. The molecule has 1 aliphatic heterocycles. The van der Waals surface area contributed by atoms with Crippen molar-refractivity contribution in [3.8, 4) is 0 Å². The van der Waals surface area contributed by atoms with Gasteiger partial charge in [-0.1, -0.05) is 0 Å². The lowest BCUT2D eigenvalue weighted by molar-refractivity contribution is 1.29. The zero-order valence-corrected chi connectivity index (χ0v) is 2.55. The minimum Gasteiger partial charge on any atom is -0.150 e. The molecular formula is C3H2N2. The fraction of sp³-hybridized carbons (Fsp3) is 0. The van der Waals surface area contributed by atoms with Crippen LogP contribution in [0.2, 0.25) is 0 Å². The monoisotopic (exact) mass is 66.0 g/mol. The molecule has 0 saturated carbocycles. The number of hydrogen-bond acceptors (Lipinski definition) is 2. The highest BCUT2D eigenvalue weighted by atomic mass is 15.2. The number of allylic oxidation sites excluding steroid dienone is 1. The summed E-state index contributed by atoms with van der Waals surface area (Å²) in [5, 5.41) is 6.76. The number of hydrogen-bond donors (Lipinski definition) is 0. The fourth-order valence-electron chi connectivity index (χ4n) is 0.167. The van der Waals surface area contributed by atoms with Crippen LogP contribution in [0.1, 0.15) is 0 Å². The fourth-order valence-corrected chi connectivity index (χ4v) is 0.167. The quantitative estimate of drug-likeness (QED) is 0.386. The molecular weight excluding hydrogens is 64.0 g/mol. The van der Waals surface area contributed by atoms with E-state index in [2.05, 4.69) is 16.1 Å². The lowest BCUT2D eigenvalue weighted by Crippen LogP contribution is -1.45. The minimum absolute atomic E-state index is 1.58. The Morgan fingerprint density at radius 1 is 1.60 bits per heavy atom. The summed E-state index contributed by atoms with van der Waals surface area (Å²) in [6.07, 6.45) is 3.24. The second-order valence-corrected chi connectivity index (χ2v) is 0.660. The van der Waals surface area contributed by atoms with Gasteiger partial charge in [-0.15, -0.1) is 10.2 Å². The van der Waals surface area contributed by atoms with E-state index in [1.54, 1.807) is 12.3 Å². The molecule has 24 valence electrons. The summed E-state index contributed by atoms with van der Waals surface area (Å²) in [5.41, 5.74) is 0. The summed E-state index contributed by atoms with van der Waals surface area (Å²) in [6, 6.07) is 0. The van der Waals surface area contributed by atoms with Crippen molar-refractivity contribution >= 4 is 12.1 Å². The normalized spacial score (nSPS) is 14.4. The Morgan fingerprint density at radius 3 is 2.80 bits per heavy atom. The van der Waals surface area contributed by atoms with E-state index in [4.69, 9.17) is 0 Å². The van der Waals surface area contributed by atoms with E-state index in [0.29, 0.717) is 0 Å². The second-order valence-electron chi connectivity index (χ2n) is 0.660. The van der Waals surface area contributed by atoms with Crippen LogP contribution in [0.25, 0.3) is 0 Å². The SMILES string of the molecule is C1=CC=NN=1. The predicted molar refractivity (Wildman–Crippen MR) is 20.5 cm³/mol. The van der Waals surface area contributed by atoms with E-state index in [-0.39, 0.29) is 0 Å². The van der Waals surface area contributed by atoms with E-state index >= 15 is 0 Å². The van der Waals surface area contributed by atoms with Gasteiger partial charge in [-0.05, 0) is 0 Å². The first-order chi connectivity index (χ1) is 2.50. The van der Waals surface area contributed by atoms with Gasteiger partial charge in [0, 0.05) is 11.9 Å². The maximum Gasteiger partial charge on any atom is 0.0596 e. The highest BCUT2D eigenvalue weighted by molar-refractivity contribution is 5.85. The number of nitrogens with zero attached hydrogens (tertiary/aromatic N) is 2. The molecule has 0 radical (unpaired) electrons. The summed E-state index contributed by atoms with van der Waals surface area (Å²) in [7, 11) is 0. The molecule has 0 aromatic carbocycles. The topological polar surface area (TPSA) is 24.7 Å². The summed E-state index contributed by atoms with van der Waals surface area (Å²) >= 11 is 0. The highest BCUT2D eigenvalue weighted by Crippen LogP contribution is 1.69. The third-order valence-corrected chi connectivity index (χ3v) is 0.331. The first-order valence-corrected chi connectivity index (χ1v) is 1.30. The van der Waals surface area contributed by atoms with Crippen molar-refractivity contribution in [2.75, 3.05) is 0 Å². The molecule has 2 heteroatoms. The van der Waals surface area contributed by atoms with Crippen molar-refractivity contribution in [1.82, 2.24) is 0 Å². The Kier molecular flexibility index (Phi) is 0.390. The molecule has 2 nitrogen and oxygen atoms in total. The molecule has 1 rings (SSSR count). The predicted octanol–water partition coefficient (Wildman–Crippen LogP) is 0.212. The van der Waals surface area contributed by atoms with Gasteiger partial charge in [0.2, 0.25) is 0 Å². The maximum absolute atomic E-state index is 3.42. The molecule has 0 saturated heterocycles. The summed E-state index contributed by atoms with van der Waals surface area (Å²) in [4.78, 5) is 0. The first kappa shape index (κ1) is 2.36. The third-order valence-electron chi connectivity index (χ3n) is 0.331. The van der Waals surface area contributed by atoms with E-state index in [9.17, 15) is 0 Å². The van der Waals surface area contributed by atoms with E-state index in [1.807, 2.05) is 0 Å². The Bertz CT molecular complexity index is 96.1. The van der Waals surface area contributed by atoms with Gasteiger partial charge in [0.15, 0.2) is 0 Å². The molecule has 0 N–H and O–H groups in total. The van der Waals surface area contributed by atoms with Crippen LogP contribution < -0.4 is 0 Å². The Balaban J connectivity index is 2.98. The van der Waals surface area contributed by atoms with Crippen molar-refractivity contribution in [3.05, 3.63) is 6.08 Å². The van der Waals surface area contributed by atoms with Crippen LogP contribution in [-0.2, 0) is 0 Å². The zero-order chi connectivity index (χ0) is 3.54. The largest absolute Gasteiger partial charge is 0.150 e. The van der Waals surface area contributed by atoms with Gasteiger partial charge in [-0.2, -0.15) is 0 Å². The van der Waals surface area contributed by atoms with Crippen molar-refractivity contribution in [2.24, 2.45) is 10.2 Å². The Hall–Kier alpha value is -0.880. The smallest absolute Gasteiger partial charge is 0.0596 e. The highest BCUT2D eigenvalue weighted by Gasteiger charge is 1.63. The van der Waals surface area contributed by atoms with Crippen LogP contribution in [0.4, 0.5) is 0 Å². The molecule has 1 heterocycles. The van der Waals surface area contributed by atoms with Crippen LogP contribution >= 0.6 is 0 Å². The zero-order valence-electron chi connectivity index (χ0n) is 2.55. The average molecular weight is 66.1 g/mol.